The summed E-state index contributed by atoms with van der Waals surface area (Å²) in [7, 11) is 3.09. The number of nitrogens with zero attached hydrogens (tertiary/aromatic N) is 1. The van der Waals surface area contributed by atoms with Crippen molar-refractivity contribution in [2.75, 3.05) is 20.8 Å². The maximum atomic E-state index is 12.2. The van der Waals surface area contributed by atoms with Gasteiger partial charge in [0.2, 0.25) is 5.75 Å². The van der Waals surface area contributed by atoms with E-state index in [0.717, 1.165) is 18.6 Å². The summed E-state index contributed by atoms with van der Waals surface area (Å²) in [6, 6.07) is 5.32. The average Bonchev–Trinajstić information content (AvgIpc) is 2.97. The molecule has 2 aliphatic rings. The molecular weight excluding hydrogens is 332 g/mol. The molecule has 6 heteroatoms. The van der Waals surface area contributed by atoms with Gasteiger partial charge in [0, 0.05) is 11.1 Å². The van der Waals surface area contributed by atoms with Crippen molar-refractivity contribution in [3.63, 3.8) is 0 Å². The first-order valence-electron chi connectivity index (χ1n) is 9.03. The third-order valence-electron chi connectivity index (χ3n) is 6.56. The number of rotatable bonds is 6. The van der Waals surface area contributed by atoms with E-state index in [2.05, 4.69) is 31.3 Å². The second-order valence-corrected chi connectivity index (χ2v) is 7.87. The van der Waals surface area contributed by atoms with Gasteiger partial charge in [-0.1, -0.05) is 26.8 Å². The number of carbonyl (C=O) groups is 1. The van der Waals surface area contributed by atoms with Gasteiger partial charge >= 0.3 is 0 Å². The van der Waals surface area contributed by atoms with Gasteiger partial charge in [0.25, 0.3) is 5.91 Å². The van der Waals surface area contributed by atoms with E-state index in [0.29, 0.717) is 23.2 Å². The number of para-hydroxylation sites is 1. The molecule has 2 atom stereocenters. The molecular formula is C20H28N2O4. The maximum absolute atomic E-state index is 12.2. The van der Waals surface area contributed by atoms with E-state index in [1.807, 2.05) is 0 Å². The molecule has 26 heavy (non-hydrogen) atoms. The van der Waals surface area contributed by atoms with Gasteiger partial charge in [-0.25, -0.2) is 5.43 Å². The molecule has 2 saturated carbocycles. The van der Waals surface area contributed by atoms with Crippen LogP contribution in [-0.4, -0.2) is 32.4 Å². The summed E-state index contributed by atoms with van der Waals surface area (Å²) in [5, 5.41) is 4.45. The van der Waals surface area contributed by atoms with Gasteiger partial charge in [0.1, 0.15) is 0 Å². The van der Waals surface area contributed by atoms with E-state index in [-0.39, 0.29) is 23.3 Å². The molecule has 1 amide bonds. The van der Waals surface area contributed by atoms with Crippen molar-refractivity contribution in [2.45, 2.75) is 40.0 Å². The lowest BCUT2D eigenvalue weighted by molar-refractivity contribution is -0.123. The van der Waals surface area contributed by atoms with E-state index in [1.165, 1.54) is 6.42 Å². The monoisotopic (exact) mass is 360 g/mol. The minimum atomic E-state index is -0.297. The topological polar surface area (TPSA) is 69.2 Å². The zero-order chi connectivity index (χ0) is 18.9. The largest absolute Gasteiger partial charge is 0.493 e. The molecule has 0 radical (unpaired) electrons. The Kier molecular flexibility index (Phi) is 4.86. The van der Waals surface area contributed by atoms with Crippen LogP contribution in [0.5, 0.6) is 17.2 Å². The van der Waals surface area contributed by atoms with Crippen LogP contribution in [0.4, 0.5) is 0 Å². The van der Waals surface area contributed by atoms with Crippen LogP contribution in [-0.2, 0) is 4.79 Å². The number of carbonyl (C=O) groups excluding carboxylic acids is 1. The molecule has 2 unspecified atom stereocenters. The van der Waals surface area contributed by atoms with Crippen molar-refractivity contribution in [1.82, 2.24) is 5.43 Å². The minimum Gasteiger partial charge on any atom is -0.493 e. The van der Waals surface area contributed by atoms with Gasteiger partial charge < -0.3 is 14.2 Å². The lowest BCUT2D eigenvalue weighted by atomic mass is 9.70. The van der Waals surface area contributed by atoms with Crippen LogP contribution < -0.4 is 19.6 Å². The summed E-state index contributed by atoms with van der Waals surface area (Å²) < 4.78 is 16.2. The van der Waals surface area contributed by atoms with Gasteiger partial charge in [0.15, 0.2) is 18.1 Å². The number of benzene rings is 1. The van der Waals surface area contributed by atoms with Crippen LogP contribution in [0, 0.1) is 16.7 Å². The first kappa shape index (κ1) is 18.5. The number of hydrogen-bond acceptors (Lipinski definition) is 5. The van der Waals surface area contributed by atoms with Crippen molar-refractivity contribution in [1.29, 1.82) is 0 Å². The zero-order valence-electron chi connectivity index (χ0n) is 16.2. The highest BCUT2D eigenvalue weighted by molar-refractivity contribution is 5.95. The SMILES string of the molecule is COc1cccc(OC)c1OCC(=O)N/N=C1\CC2CCC1(C)C2(C)C. The number of fused-ring (bicyclic) bond motifs is 2. The van der Waals surface area contributed by atoms with E-state index >= 15 is 0 Å². The number of ether oxygens (including phenoxy) is 3. The second kappa shape index (κ2) is 6.82. The number of nitrogens with one attached hydrogen (secondary N) is 1. The molecule has 2 fully saturated rings. The molecule has 0 spiro atoms. The van der Waals surface area contributed by atoms with Gasteiger partial charge in [-0.15, -0.1) is 0 Å². The standard InChI is InChI=1S/C20H28N2O4/c1-19(2)13-9-10-20(19,3)16(11-13)21-22-17(23)12-26-18-14(24-4)7-6-8-15(18)25-5/h6-8,13H,9-12H2,1-5H3,(H,22,23)/b21-16+. The Hall–Kier alpha value is -2.24. The summed E-state index contributed by atoms with van der Waals surface area (Å²) in [6.07, 6.45) is 3.34. The third-order valence-corrected chi connectivity index (χ3v) is 6.56. The lowest BCUT2D eigenvalue weighted by Crippen LogP contribution is -2.35. The van der Waals surface area contributed by atoms with Crippen LogP contribution in [0.1, 0.15) is 40.0 Å². The van der Waals surface area contributed by atoms with Gasteiger partial charge in [-0.05, 0) is 42.7 Å². The fraction of sp³-hybridized carbons (Fsp3) is 0.600. The summed E-state index contributed by atoms with van der Waals surface area (Å²) in [6.45, 7) is 6.73. The van der Waals surface area contributed by atoms with Gasteiger partial charge in [0.05, 0.1) is 14.2 Å². The molecule has 6 nitrogen and oxygen atoms in total. The fourth-order valence-electron chi connectivity index (χ4n) is 4.36. The van der Waals surface area contributed by atoms with Gasteiger partial charge in [-0.3, -0.25) is 4.79 Å². The summed E-state index contributed by atoms with van der Waals surface area (Å²) >= 11 is 0. The van der Waals surface area contributed by atoms with Crippen molar-refractivity contribution in [3.05, 3.63) is 18.2 Å². The summed E-state index contributed by atoms with van der Waals surface area (Å²) in [5.41, 5.74) is 4.06. The molecule has 0 aliphatic heterocycles. The number of hydrazone groups is 1. The van der Waals surface area contributed by atoms with Crippen molar-refractivity contribution >= 4 is 11.6 Å². The quantitative estimate of drug-likeness (QED) is 0.790. The number of methoxy groups -OCH3 is 2. The number of hydrogen-bond donors (Lipinski definition) is 1. The molecule has 1 aromatic carbocycles. The molecule has 1 N–H and O–H groups in total. The molecule has 3 rings (SSSR count). The smallest absolute Gasteiger partial charge is 0.277 e. The highest BCUT2D eigenvalue weighted by Crippen LogP contribution is 2.63. The van der Waals surface area contributed by atoms with E-state index in [9.17, 15) is 4.79 Å². The normalized spacial score (nSPS) is 27.4. The Morgan fingerprint density at radius 3 is 2.38 bits per heavy atom. The van der Waals surface area contributed by atoms with E-state index < -0.39 is 0 Å². The molecule has 2 bridgehead atoms. The maximum Gasteiger partial charge on any atom is 0.277 e. The second-order valence-electron chi connectivity index (χ2n) is 7.87. The van der Waals surface area contributed by atoms with Crippen LogP contribution >= 0.6 is 0 Å². The predicted octanol–water partition coefficient (Wildman–Crippen LogP) is 3.40. The third kappa shape index (κ3) is 2.91. The summed E-state index contributed by atoms with van der Waals surface area (Å²) in [5.74, 6) is 1.80. The number of amides is 1. The Morgan fingerprint density at radius 1 is 1.23 bits per heavy atom. The van der Waals surface area contributed by atoms with Gasteiger partial charge in [-0.2, -0.15) is 5.10 Å². The first-order chi connectivity index (χ1) is 12.3. The van der Waals surface area contributed by atoms with Crippen LogP contribution in [0.25, 0.3) is 0 Å². The molecule has 0 aromatic heterocycles. The average molecular weight is 360 g/mol. The lowest BCUT2D eigenvalue weighted by Gasteiger charge is -2.34. The molecule has 2 aliphatic carbocycles. The highest BCUT2D eigenvalue weighted by Gasteiger charge is 2.60. The minimum absolute atomic E-state index is 0.0671. The van der Waals surface area contributed by atoms with Crippen LogP contribution in [0.15, 0.2) is 23.3 Å². The molecule has 0 saturated heterocycles. The summed E-state index contributed by atoms with van der Waals surface area (Å²) in [4.78, 5) is 12.2. The Bertz CT molecular complexity index is 706. The zero-order valence-corrected chi connectivity index (χ0v) is 16.2. The van der Waals surface area contributed by atoms with Crippen molar-refractivity contribution in [3.8, 4) is 17.2 Å². The fourth-order valence-corrected chi connectivity index (χ4v) is 4.36. The van der Waals surface area contributed by atoms with E-state index in [1.54, 1.807) is 32.4 Å². The first-order valence-corrected chi connectivity index (χ1v) is 9.03. The van der Waals surface area contributed by atoms with Crippen LogP contribution in [0.3, 0.4) is 0 Å². The molecule has 0 heterocycles. The Balaban J connectivity index is 1.63. The Morgan fingerprint density at radius 2 is 1.88 bits per heavy atom. The highest BCUT2D eigenvalue weighted by atomic mass is 16.5. The Labute approximate surface area is 154 Å². The van der Waals surface area contributed by atoms with Crippen LogP contribution in [0.2, 0.25) is 0 Å². The predicted molar refractivity (Wildman–Crippen MR) is 99.8 cm³/mol. The van der Waals surface area contributed by atoms with Crippen molar-refractivity contribution < 1.29 is 19.0 Å². The van der Waals surface area contributed by atoms with E-state index in [4.69, 9.17) is 14.2 Å². The van der Waals surface area contributed by atoms with Crippen molar-refractivity contribution in [2.24, 2.45) is 21.8 Å². The molecule has 142 valence electrons. The molecule has 1 aromatic rings.